The topological polar surface area (TPSA) is 88.7 Å². The molecule has 0 aliphatic heterocycles. The Hall–Kier alpha value is -3.23. The van der Waals surface area contributed by atoms with Gasteiger partial charge in [-0.05, 0) is 74.8 Å². The molecule has 0 saturated heterocycles. The molecular formula is C31H37N3O4S. The molecule has 0 amide bonds. The molecule has 0 bridgehead atoms. The Morgan fingerprint density at radius 3 is 2.59 bits per heavy atom. The number of thiazole rings is 1. The van der Waals surface area contributed by atoms with Gasteiger partial charge in [0, 0.05) is 30.6 Å². The van der Waals surface area contributed by atoms with Crippen LogP contribution < -0.4 is 4.90 Å². The molecule has 2 heterocycles. The second-order valence-electron chi connectivity index (χ2n) is 11.2. The van der Waals surface area contributed by atoms with Crippen molar-refractivity contribution in [1.29, 1.82) is 0 Å². The quantitative estimate of drug-likeness (QED) is 0.195. The highest BCUT2D eigenvalue weighted by molar-refractivity contribution is 7.22. The van der Waals surface area contributed by atoms with Crippen molar-refractivity contribution in [3.05, 3.63) is 64.4 Å². The van der Waals surface area contributed by atoms with Gasteiger partial charge in [-0.1, -0.05) is 48.5 Å². The van der Waals surface area contributed by atoms with Gasteiger partial charge < -0.3 is 19.3 Å². The van der Waals surface area contributed by atoms with Gasteiger partial charge in [0.1, 0.15) is 11.5 Å². The van der Waals surface area contributed by atoms with Gasteiger partial charge in [0.2, 0.25) is 0 Å². The molecule has 1 aliphatic rings. The Bertz CT molecular complexity index is 1450. The molecule has 2 aromatic carbocycles. The molecule has 206 valence electrons. The van der Waals surface area contributed by atoms with Crippen molar-refractivity contribution in [1.82, 2.24) is 10.1 Å². The molecule has 2 aromatic heterocycles. The van der Waals surface area contributed by atoms with Crippen LogP contribution in [0.3, 0.4) is 0 Å². The van der Waals surface area contributed by atoms with Crippen LogP contribution in [0.15, 0.2) is 40.9 Å². The average Bonchev–Trinajstić information content (AvgIpc) is 3.51. The maximum Gasteiger partial charge on any atom is 0.335 e. The fourth-order valence-electron chi connectivity index (χ4n) is 5.05. The van der Waals surface area contributed by atoms with E-state index >= 15 is 0 Å². The Kier molecular flexibility index (Phi) is 8.05. The highest BCUT2D eigenvalue weighted by Gasteiger charge is 2.33. The van der Waals surface area contributed by atoms with Crippen LogP contribution in [0.5, 0.6) is 0 Å². The van der Waals surface area contributed by atoms with Crippen molar-refractivity contribution in [2.45, 2.75) is 72.0 Å². The summed E-state index contributed by atoms with van der Waals surface area (Å²) in [5, 5.41) is 14.8. The number of rotatable bonds is 12. The Morgan fingerprint density at radius 2 is 1.92 bits per heavy atom. The lowest BCUT2D eigenvalue weighted by atomic mass is 9.96. The first-order chi connectivity index (χ1) is 18.7. The van der Waals surface area contributed by atoms with Gasteiger partial charge in [0.25, 0.3) is 0 Å². The van der Waals surface area contributed by atoms with Gasteiger partial charge >= 0.3 is 5.97 Å². The van der Waals surface area contributed by atoms with E-state index < -0.39 is 5.97 Å². The van der Waals surface area contributed by atoms with E-state index in [1.54, 1.807) is 18.2 Å². The minimum Gasteiger partial charge on any atom is -0.478 e. The zero-order chi connectivity index (χ0) is 27.7. The van der Waals surface area contributed by atoms with Gasteiger partial charge in [-0.25, -0.2) is 9.78 Å². The van der Waals surface area contributed by atoms with E-state index in [1.807, 2.05) is 7.05 Å². The standard InChI is InChI=1S/C31H37N3O4S/c1-18(2)9-13-23(16-34(5)31-32-25-14-12-22(30(35)36)15-26(25)39-31)37-17-24-28(33-38-29(24)21-10-11-21)27-19(3)7-6-8-20(27)4/h6-8,12,14-15,18,21,23H,9-11,13,16-17H2,1-5H3,(H,35,36). The third-order valence-electron chi connectivity index (χ3n) is 7.44. The fraction of sp³-hybridized carbons (Fsp3) is 0.452. The summed E-state index contributed by atoms with van der Waals surface area (Å²) in [6, 6.07) is 11.4. The largest absolute Gasteiger partial charge is 0.478 e. The van der Waals surface area contributed by atoms with Crippen molar-refractivity contribution < 1.29 is 19.2 Å². The molecule has 0 spiro atoms. The molecule has 1 atom stereocenters. The number of aromatic nitrogens is 2. The first-order valence-corrected chi connectivity index (χ1v) is 14.5. The van der Waals surface area contributed by atoms with Crippen LogP contribution in [0.4, 0.5) is 5.13 Å². The molecule has 8 heteroatoms. The number of benzene rings is 2. The monoisotopic (exact) mass is 547 g/mol. The third-order valence-corrected chi connectivity index (χ3v) is 8.57. The number of carbonyl (C=O) groups is 1. The van der Waals surface area contributed by atoms with Gasteiger partial charge in [-0.15, -0.1) is 0 Å². The van der Waals surface area contributed by atoms with E-state index in [0.717, 1.165) is 63.6 Å². The summed E-state index contributed by atoms with van der Waals surface area (Å²) in [6.45, 7) is 9.85. The molecule has 1 fully saturated rings. The summed E-state index contributed by atoms with van der Waals surface area (Å²) in [4.78, 5) is 18.3. The average molecular weight is 548 g/mol. The van der Waals surface area contributed by atoms with Crippen LogP contribution in [-0.2, 0) is 11.3 Å². The fourth-order valence-corrected chi connectivity index (χ4v) is 6.03. The maximum absolute atomic E-state index is 11.4. The molecule has 1 aliphatic carbocycles. The van der Waals surface area contributed by atoms with Crippen molar-refractivity contribution in [2.75, 3.05) is 18.5 Å². The first-order valence-electron chi connectivity index (χ1n) is 13.7. The van der Waals surface area contributed by atoms with E-state index in [2.05, 4.69) is 56.0 Å². The van der Waals surface area contributed by atoms with E-state index in [9.17, 15) is 9.90 Å². The second kappa shape index (κ2) is 11.5. The summed E-state index contributed by atoms with van der Waals surface area (Å²) in [5.41, 5.74) is 6.58. The Morgan fingerprint density at radius 1 is 1.18 bits per heavy atom. The number of carboxylic acids is 1. The summed E-state index contributed by atoms with van der Waals surface area (Å²) in [6.07, 6.45) is 4.25. The molecule has 7 nitrogen and oxygen atoms in total. The van der Waals surface area contributed by atoms with Crippen molar-refractivity contribution in [2.24, 2.45) is 5.92 Å². The van der Waals surface area contributed by atoms with E-state index in [4.69, 9.17) is 14.2 Å². The number of fused-ring (bicyclic) bond motifs is 1. The number of hydrogen-bond acceptors (Lipinski definition) is 7. The molecule has 4 aromatic rings. The number of likely N-dealkylation sites (N-methyl/N-ethyl adjacent to an activating group) is 1. The molecule has 0 radical (unpaired) electrons. The zero-order valence-corrected chi connectivity index (χ0v) is 24.2. The van der Waals surface area contributed by atoms with E-state index in [1.165, 1.54) is 22.5 Å². The zero-order valence-electron chi connectivity index (χ0n) is 23.4. The van der Waals surface area contributed by atoms with Crippen molar-refractivity contribution in [3.8, 4) is 11.3 Å². The molecule has 1 unspecified atom stereocenters. The minimum atomic E-state index is -0.929. The van der Waals surface area contributed by atoms with Crippen molar-refractivity contribution >= 4 is 32.7 Å². The SMILES string of the molecule is Cc1cccc(C)c1-c1noc(C2CC2)c1COC(CCC(C)C)CN(C)c1nc2ccc(C(=O)O)cc2s1. The van der Waals surface area contributed by atoms with E-state index in [0.29, 0.717) is 25.0 Å². The van der Waals surface area contributed by atoms with E-state index in [-0.39, 0.29) is 11.7 Å². The summed E-state index contributed by atoms with van der Waals surface area (Å²) < 4.78 is 13.5. The molecule has 1 saturated carbocycles. The van der Waals surface area contributed by atoms with Crippen LogP contribution >= 0.6 is 11.3 Å². The Labute approximate surface area is 233 Å². The van der Waals surface area contributed by atoms with Crippen molar-refractivity contribution in [3.63, 3.8) is 0 Å². The molecule has 1 N–H and O–H groups in total. The third kappa shape index (κ3) is 6.17. The van der Waals surface area contributed by atoms with Crippen LogP contribution in [0.2, 0.25) is 0 Å². The number of carboxylic acid groups (broad SMARTS) is 1. The summed E-state index contributed by atoms with van der Waals surface area (Å²) in [7, 11) is 2.03. The predicted molar refractivity (Wildman–Crippen MR) is 156 cm³/mol. The second-order valence-corrected chi connectivity index (χ2v) is 12.2. The van der Waals surface area contributed by atoms with Crippen LogP contribution in [-0.4, -0.2) is 40.9 Å². The van der Waals surface area contributed by atoms with Gasteiger partial charge in [0.15, 0.2) is 5.13 Å². The Balaban J connectivity index is 1.37. The van der Waals surface area contributed by atoms with Gasteiger partial charge in [-0.2, -0.15) is 0 Å². The number of anilines is 1. The van der Waals surface area contributed by atoms with Crippen LogP contribution in [0, 0.1) is 19.8 Å². The number of aryl methyl sites for hydroxylation is 2. The van der Waals surface area contributed by atoms with Gasteiger partial charge in [-0.3, -0.25) is 0 Å². The number of ether oxygens (including phenoxy) is 1. The first kappa shape index (κ1) is 27.3. The molecular weight excluding hydrogens is 510 g/mol. The van der Waals surface area contributed by atoms with Crippen LogP contribution in [0.1, 0.15) is 78.3 Å². The predicted octanol–water partition coefficient (Wildman–Crippen LogP) is 7.60. The summed E-state index contributed by atoms with van der Waals surface area (Å²) >= 11 is 1.51. The molecule has 5 rings (SSSR count). The van der Waals surface area contributed by atoms with Gasteiger partial charge in [0.05, 0.1) is 28.5 Å². The van der Waals surface area contributed by atoms with Crippen LogP contribution in [0.25, 0.3) is 21.5 Å². The highest BCUT2D eigenvalue weighted by atomic mass is 32.1. The smallest absolute Gasteiger partial charge is 0.335 e. The normalized spacial score (nSPS) is 14.3. The highest BCUT2D eigenvalue weighted by Crippen LogP contribution is 2.45. The lowest BCUT2D eigenvalue weighted by Crippen LogP contribution is -2.31. The number of nitrogens with zero attached hydrogens (tertiary/aromatic N) is 3. The number of aromatic carboxylic acids is 1. The maximum atomic E-state index is 11.4. The minimum absolute atomic E-state index is 0.00763. The lowest BCUT2D eigenvalue weighted by molar-refractivity contribution is 0.0363. The number of hydrogen-bond donors (Lipinski definition) is 1. The molecule has 39 heavy (non-hydrogen) atoms. The summed E-state index contributed by atoms with van der Waals surface area (Å²) in [5.74, 6) is 1.05. The lowest BCUT2D eigenvalue weighted by Gasteiger charge is -2.25.